The van der Waals surface area contributed by atoms with Crippen molar-refractivity contribution in [2.75, 3.05) is 0 Å². The van der Waals surface area contributed by atoms with E-state index in [-0.39, 0.29) is 12.1 Å². The normalized spacial score (nSPS) is 12.0. The fourth-order valence-electron chi connectivity index (χ4n) is 2.34. The number of ether oxygens (including phenoxy) is 2. The number of carbonyl (C=O) groups is 3. The van der Waals surface area contributed by atoms with Crippen LogP contribution in [0, 0.1) is 0 Å². The number of nitrogens with two attached hydrogens (primary N) is 1. The summed E-state index contributed by atoms with van der Waals surface area (Å²) in [5.41, 5.74) is 6.33. The maximum Gasteiger partial charge on any atom is 0.407 e. The topological polar surface area (TPSA) is 108 Å². The lowest BCUT2D eigenvalue weighted by atomic mass is 10.1. The Morgan fingerprint density at radius 1 is 1.00 bits per heavy atom. The molecule has 0 aliphatic heterocycles. The second-order valence-electron chi connectivity index (χ2n) is 7.15. The molecule has 0 aliphatic rings. The first-order valence-electron chi connectivity index (χ1n) is 8.77. The standard InChI is InChI=1S/C21H24N2O5/c1-21(2,3)28-20(26)23-13-14-9-11-16(12-10-14)19(25)27-17(18(22)24)15-7-5-4-6-8-15/h4-12,17H,13H2,1-3H3,(H2,22,24)(H,23,26). The van der Waals surface area contributed by atoms with Gasteiger partial charge in [-0.25, -0.2) is 9.59 Å². The molecule has 0 aliphatic carbocycles. The minimum absolute atomic E-state index is 0.248. The summed E-state index contributed by atoms with van der Waals surface area (Å²) in [6, 6.07) is 15.0. The first kappa shape index (κ1) is 21.0. The molecule has 1 atom stereocenters. The van der Waals surface area contributed by atoms with Crippen molar-refractivity contribution in [2.45, 2.75) is 39.0 Å². The van der Waals surface area contributed by atoms with E-state index in [0.717, 1.165) is 5.56 Å². The van der Waals surface area contributed by atoms with Gasteiger partial charge in [-0.2, -0.15) is 0 Å². The highest BCUT2D eigenvalue weighted by atomic mass is 16.6. The van der Waals surface area contributed by atoms with Gasteiger partial charge in [-0.3, -0.25) is 4.79 Å². The molecule has 7 heteroatoms. The van der Waals surface area contributed by atoms with Gasteiger partial charge in [-0.15, -0.1) is 0 Å². The first-order valence-corrected chi connectivity index (χ1v) is 8.77. The second kappa shape index (κ2) is 9.03. The maximum absolute atomic E-state index is 12.3. The number of rotatable bonds is 6. The first-order chi connectivity index (χ1) is 13.2. The van der Waals surface area contributed by atoms with Crippen LogP contribution in [-0.2, 0) is 20.8 Å². The maximum atomic E-state index is 12.3. The molecule has 0 radical (unpaired) electrons. The third kappa shape index (κ3) is 6.42. The third-order valence-corrected chi connectivity index (χ3v) is 3.61. The van der Waals surface area contributed by atoms with Gasteiger partial charge in [0.2, 0.25) is 6.10 Å². The molecule has 2 rings (SSSR count). The molecule has 2 aromatic carbocycles. The van der Waals surface area contributed by atoms with Gasteiger partial charge < -0.3 is 20.5 Å². The molecule has 0 aromatic heterocycles. The molecule has 0 bridgehead atoms. The lowest BCUT2D eigenvalue weighted by Gasteiger charge is -2.19. The van der Waals surface area contributed by atoms with Crippen molar-refractivity contribution >= 4 is 18.0 Å². The molecule has 1 unspecified atom stereocenters. The van der Waals surface area contributed by atoms with Crippen LogP contribution in [0.25, 0.3) is 0 Å². The van der Waals surface area contributed by atoms with Crippen molar-refractivity contribution in [3.8, 4) is 0 Å². The fourth-order valence-corrected chi connectivity index (χ4v) is 2.34. The van der Waals surface area contributed by atoms with Crippen LogP contribution in [0.1, 0.15) is 48.4 Å². The van der Waals surface area contributed by atoms with Gasteiger partial charge in [0.1, 0.15) is 5.60 Å². The smallest absolute Gasteiger partial charge is 0.407 e. The van der Waals surface area contributed by atoms with Crippen LogP contribution in [0.2, 0.25) is 0 Å². The summed E-state index contributed by atoms with van der Waals surface area (Å²) in [5.74, 6) is -1.42. The molecule has 148 valence electrons. The summed E-state index contributed by atoms with van der Waals surface area (Å²) in [7, 11) is 0. The second-order valence-corrected chi connectivity index (χ2v) is 7.15. The Labute approximate surface area is 163 Å². The predicted octanol–water partition coefficient (Wildman–Crippen LogP) is 3.09. The highest BCUT2D eigenvalue weighted by molar-refractivity contribution is 5.92. The fraction of sp³-hybridized carbons (Fsp3) is 0.286. The van der Waals surface area contributed by atoms with Gasteiger partial charge in [0.15, 0.2) is 0 Å². The summed E-state index contributed by atoms with van der Waals surface area (Å²) < 4.78 is 10.4. The highest BCUT2D eigenvalue weighted by Crippen LogP contribution is 2.19. The van der Waals surface area contributed by atoms with Crippen LogP contribution in [0.15, 0.2) is 54.6 Å². The van der Waals surface area contributed by atoms with E-state index in [4.69, 9.17) is 15.2 Å². The van der Waals surface area contributed by atoms with Gasteiger partial charge in [0, 0.05) is 12.1 Å². The minimum Gasteiger partial charge on any atom is -0.444 e. The summed E-state index contributed by atoms with van der Waals surface area (Å²) in [5, 5.41) is 2.63. The van der Waals surface area contributed by atoms with E-state index >= 15 is 0 Å². The van der Waals surface area contributed by atoms with E-state index in [1.54, 1.807) is 75.4 Å². The zero-order valence-electron chi connectivity index (χ0n) is 16.1. The molecule has 0 heterocycles. The van der Waals surface area contributed by atoms with Crippen LogP contribution < -0.4 is 11.1 Å². The molecule has 7 nitrogen and oxygen atoms in total. The molecular weight excluding hydrogens is 360 g/mol. The predicted molar refractivity (Wildman–Crippen MR) is 103 cm³/mol. The quantitative estimate of drug-likeness (QED) is 0.744. The number of carbonyl (C=O) groups excluding carboxylic acids is 3. The minimum atomic E-state index is -1.16. The average molecular weight is 384 g/mol. The zero-order valence-corrected chi connectivity index (χ0v) is 16.1. The molecule has 2 aromatic rings. The van der Waals surface area contributed by atoms with E-state index in [1.165, 1.54) is 0 Å². The zero-order chi connectivity index (χ0) is 20.7. The van der Waals surface area contributed by atoms with E-state index in [9.17, 15) is 14.4 Å². The van der Waals surface area contributed by atoms with E-state index in [0.29, 0.717) is 5.56 Å². The molecule has 0 saturated carbocycles. The Morgan fingerprint density at radius 3 is 2.14 bits per heavy atom. The Morgan fingerprint density at radius 2 is 1.61 bits per heavy atom. The van der Waals surface area contributed by atoms with Crippen molar-refractivity contribution < 1.29 is 23.9 Å². The van der Waals surface area contributed by atoms with Crippen LogP contribution in [-0.4, -0.2) is 23.6 Å². The summed E-state index contributed by atoms with van der Waals surface area (Å²) in [6.45, 7) is 5.59. The van der Waals surface area contributed by atoms with Crippen molar-refractivity contribution in [1.29, 1.82) is 0 Å². The van der Waals surface area contributed by atoms with Crippen LogP contribution in [0.3, 0.4) is 0 Å². The summed E-state index contributed by atoms with van der Waals surface area (Å²) in [6.07, 6.45) is -1.69. The number of benzene rings is 2. The number of hydrogen-bond acceptors (Lipinski definition) is 5. The monoisotopic (exact) mass is 384 g/mol. The van der Waals surface area contributed by atoms with Gasteiger partial charge in [-0.1, -0.05) is 42.5 Å². The third-order valence-electron chi connectivity index (χ3n) is 3.61. The number of primary amides is 1. The lowest BCUT2D eigenvalue weighted by Crippen LogP contribution is -2.32. The van der Waals surface area contributed by atoms with Crippen molar-refractivity contribution in [1.82, 2.24) is 5.32 Å². The van der Waals surface area contributed by atoms with Crippen molar-refractivity contribution in [3.63, 3.8) is 0 Å². The van der Waals surface area contributed by atoms with Gasteiger partial charge in [0.25, 0.3) is 5.91 Å². The molecule has 28 heavy (non-hydrogen) atoms. The Kier molecular flexibility index (Phi) is 6.76. The molecule has 0 spiro atoms. The van der Waals surface area contributed by atoms with Crippen molar-refractivity contribution in [2.24, 2.45) is 5.73 Å². The van der Waals surface area contributed by atoms with Gasteiger partial charge >= 0.3 is 12.1 Å². The SMILES string of the molecule is CC(C)(C)OC(=O)NCc1ccc(C(=O)OC(C(N)=O)c2ccccc2)cc1. The van der Waals surface area contributed by atoms with Gasteiger partial charge in [-0.05, 0) is 38.5 Å². The van der Waals surface area contributed by atoms with Crippen molar-refractivity contribution in [3.05, 3.63) is 71.3 Å². The number of esters is 1. The number of amides is 2. The average Bonchev–Trinajstić information content (AvgIpc) is 2.63. The Bertz CT molecular complexity index is 826. The largest absolute Gasteiger partial charge is 0.444 e. The van der Waals surface area contributed by atoms with E-state index < -0.39 is 29.7 Å². The highest BCUT2D eigenvalue weighted by Gasteiger charge is 2.23. The Balaban J connectivity index is 1.97. The molecule has 0 fully saturated rings. The van der Waals surface area contributed by atoms with Crippen LogP contribution >= 0.6 is 0 Å². The number of alkyl carbamates (subject to hydrolysis) is 1. The van der Waals surface area contributed by atoms with E-state index in [2.05, 4.69) is 5.32 Å². The Hall–Kier alpha value is -3.35. The number of nitrogens with one attached hydrogen (secondary N) is 1. The van der Waals surface area contributed by atoms with Crippen LogP contribution in [0.5, 0.6) is 0 Å². The van der Waals surface area contributed by atoms with Crippen LogP contribution in [0.4, 0.5) is 4.79 Å². The molecule has 3 N–H and O–H groups in total. The molecule has 0 saturated heterocycles. The molecular formula is C21H24N2O5. The number of hydrogen-bond donors (Lipinski definition) is 2. The van der Waals surface area contributed by atoms with Gasteiger partial charge in [0.05, 0.1) is 5.56 Å². The van der Waals surface area contributed by atoms with E-state index in [1.807, 2.05) is 0 Å². The summed E-state index contributed by atoms with van der Waals surface area (Å²) >= 11 is 0. The summed E-state index contributed by atoms with van der Waals surface area (Å²) in [4.78, 5) is 35.7. The molecule has 2 amide bonds. The lowest BCUT2D eigenvalue weighted by molar-refractivity contribution is -0.127.